The van der Waals surface area contributed by atoms with E-state index in [1.54, 1.807) is 7.11 Å². The quantitative estimate of drug-likeness (QED) is 0.824. The highest BCUT2D eigenvalue weighted by molar-refractivity contribution is 5.43. The lowest BCUT2D eigenvalue weighted by Crippen LogP contribution is -2.30. The molecule has 0 atom stereocenters. The molecule has 1 aromatic carbocycles. The van der Waals surface area contributed by atoms with Crippen LogP contribution in [0.4, 0.5) is 13.2 Å². The van der Waals surface area contributed by atoms with Gasteiger partial charge in [0.1, 0.15) is 5.75 Å². The van der Waals surface area contributed by atoms with Crippen LogP contribution in [0.15, 0.2) is 12.1 Å². The number of halogens is 3. The summed E-state index contributed by atoms with van der Waals surface area (Å²) in [6, 6.07) is 3.72. The van der Waals surface area contributed by atoms with Gasteiger partial charge in [-0.1, -0.05) is 12.1 Å². The number of aryl methyl sites for hydroxylation is 2. The minimum absolute atomic E-state index is 0.269. The molecule has 0 heterocycles. The van der Waals surface area contributed by atoms with Crippen molar-refractivity contribution in [3.63, 3.8) is 0 Å². The Hall–Kier alpha value is -1.23. The van der Waals surface area contributed by atoms with Gasteiger partial charge < -0.3 is 4.74 Å². The Kier molecular flexibility index (Phi) is 4.62. The topological polar surface area (TPSA) is 12.5 Å². The molecular weight excluding hydrogens is 243 g/mol. The molecule has 0 aliphatic carbocycles. The van der Waals surface area contributed by atoms with Crippen molar-refractivity contribution in [2.75, 3.05) is 20.7 Å². The van der Waals surface area contributed by atoms with Crippen molar-refractivity contribution in [3.05, 3.63) is 28.8 Å². The van der Waals surface area contributed by atoms with Crippen LogP contribution in [0.25, 0.3) is 0 Å². The zero-order chi connectivity index (χ0) is 13.9. The summed E-state index contributed by atoms with van der Waals surface area (Å²) in [5, 5.41) is 0. The largest absolute Gasteiger partial charge is 0.496 e. The van der Waals surface area contributed by atoms with Gasteiger partial charge in [0, 0.05) is 6.54 Å². The lowest BCUT2D eigenvalue weighted by Gasteiger charge is -2.19. The number of hydrogen-bond donors (Lipinski definition) is 0. The first kappa shape index (κ1) is 14.8. The lowest BCUT2D eigenvalue weighted by molar-refractivity contribution is -0.144. The molecule has 0 bridgehead atoms. The average Bonchev–Trinajstić information content (AvgIpc) is 2.13. The second-order valence-electron chi connectivity index (χ2n) is 4.55. The number of ether oxygens (including phenoxy) is 1. The van der Waals surface area contributed by atoms with Gasteiger partial charge in [0.15, 0.2) is 0 Å². The summed E-state index contributed by atoms with van der Waals surface area (Å²) in [7, 11) is 3.05. The van der Waals surface area contributed by atoms with E-state index in [-0.39, 0.29) is 6.54 Å². The molecule has 0 N–H and O–H groups in total. The van der Waals surface area contributed by atoms with Gasteiger partial charge in [0.25, 0.3) is 0 Å². The Labute approximate surface area is 105 Å². The van der Waals surface area contributed by atoms with Gasteiger partial charge >= 0.3 is 6.18 Å². The smallest absolute Gasteiger partial charge is 0.401 e. The van der Waals surface area contributed by atoms with E-state index in [0.29, 0.717) is 0 Å². The third kappa shape index (κ3) is 4.22. The van der Waals surface area contributed by atoms with Crippen LogP contribution in [0.1, 0.15) is 16.7 Å². The van der Waals surface area contributed by atoms with E-state index in [1.165, 1.54) is 11.9 Å². The van der Waals surface area contributed by atoms with Crippen molar-refractivity contribution in [1.29, 1.82) is 0 Å². The molecule has 5 heteroatoms. The van der Waals surface area contributed by atoms with Crippen molar-refractivity contribution < 1.29 is 17.9 Å². The summed E-state index contributed by atoms with van der Waals surface area (Å²) >= 11 is 0. The summed E-state index contributed by atoms with van der Waals surface area (Å²) < 4.78 is 41.9. The predicted molar refractivity (Wildman–Crippen MR) is 64.9 cm³/mol. The third-order valence-electron chi connectivity index (χ3n) is 2.63. The predicted octanol–water partition coefficient (Wildman–Crippen LogP) is 3.31. The van der Waals surface area contributed by atoms with E-state index in [0.717, 1.165) is 22.4 Å². The summed E-state index contributed by atoms with van der Waals surface area (Å²) in [4.78, 5) is 1.25. The van der Waals surface area contributed by atoms with E-state index >= 15 is 0 Å². The van der Waals surface area contributed by atoms with Crippen molar-refractivity contribution in [2.45, 2.75) is 26.6 Å². The van der Waals surface area contributed by atoms with Crippen LogP contribution in [0, 0.1) is 13.8 Å². The molecule has 0 aliphatic rings. The highest BCUT2D eigenvalue weighted by atomic mass is 19.4. The Bertz CT molecular complexity index is 392. The normalized spacial score (nSPS) is 12.0. The van der Waals surface area contributed by atoms with Gasteiger partial charge in [-0.2, -0.15) is 13.2 Å². The Morgan fingerprint density at radius 1 is 1.17 bits per heavy atom. The second-order valence-corrected chi connectivity index (χ2v) is 4.55. The minimum atomic E-state index is -4.16. The molecule has 18 heavy (non-hydrogen) atoms. The van der Waals surface area contributed by atoms with Gasteiger partial charge in [0.05, 0.1) is 13.7 Å². The number of nitrogens with zero attached hydrogens (tertiary/aromatic N) is 1. The Morgan fingerprint density at radius 3 is 2.06 bits per heavy atom. The number of benzene rings is 1. The molecule has 0 aromatic heterocycles. The van der Waals surface area contributed by atoms with E-state index in [4.69, 9.17) is 4.74 Å². The van der Waals surface area contributed by atoms with Crippen LogP contribution in [-0.2, 0) is 6.54 Å². The maximum Gasteiger partial charge on any atom is 0.401 e. The number of methoxy groups -OCH3 is 1. The molecule has 0 fully saturated rings. The molecule has 0 amide bonds. The molecule has 0 saturated carbocycles. The first-order chi connectivity index (χ1) is 8.23. The molecule has 0 unspecified atom stereocenters. The van der Waals surface area contributed by atoms with Crippen LogP contribution in [-0.4, -0.2) is 31.8 Å². The second kappa shape index (κ2) is 5.61. The van der Waals surface area contributed by atoms with Crippen molar-refractivity contribution in [3.8, 4) is 5.75 Å². The number of alkyl halides is 3. The van der Waals surface area contributed by atoms with E-state index in [1.807, 2.05) is 26.0 Å². The molecule has 0 saturated heterocycles. The fraction of sp³-hybridized carbons (Fsp3) is 0.538. The molecule has 0 aliphatic heterocycles. The zero-order valence-electron chi connectivity index (χ0n) is 11.1. The molecule has 1 aromatic rings. The number of hydrogen-bond acceptors (Lipinski definition) is 2. The molecule has 2 nitrogen and oxygen atoms in total. The Morgan fingerprint density at radius 2 is 1.67 bits per heavy atom. The molecule has 0 spiro atoms. The summed E-state index contributed by atoms with van der Waals surface area (Å²) in [5.41, 5.74) is 2.73. The molecule has 1 rings (SSSR count). The molecular formula is C13H18F3NO. The van der Waals surface area contributed by atoms with Crippen molar-refractivity contribution >= 4 is 0 Å². The van der Waals surface area contributed by atoms with E-state index in [2.05, 4.69) is 0 Å². The van der Waals surface area contributed by atoms with Crippen LogP contribution in [0.2, 0.25) is 0 Å². The molecule has 0 radical (unpaired) electrons. The monoisotopic (exact) mass is 261 g/mol. The van der Waals surface area contributed by atoms with Crippen LogP contribution < -0.4 is 4.74 Å². The summed E-state index contributed by atoms with van der Waals surface area (Å²) in [6.07, 6.45) is -4.16. The molecule has 102 valence electrons. The Balaban J connectivity index is 2.80. The van der Waals surface area contributed by atoms with Crippen LogP contribution in [0.3, 0.4) is 0 Å². The highest BCUT2D eigenvalue weighted by Crippen LogP contribution is 2.25. The SMILES string of the molecule is COc1c(C)cc(CN(C)CC(F)(F)F)cc1C. The first-order valence-corrected chi connectivity index (χ1v) is 5.62. The fourth-order valence-corrected chi connectivity index (χ4v) is 2.13. The summed E-state index contributed by atoms with van der Waals surface area (Å²) in [6.45, 7) is 3.14. The van der Waals surface area contributed by atoms with Crippen molar-refractivity contribution in [1.82, 2.24) is 4.90 Å². The van der Waals surface area contributed by atoms with E-state index in [9.17, 15) is 13.2 Å². The van der Waals surface area contributed by atoms with Gasteiger partial charge in [-0.15, -0.1) is 0 Å². The van der Waals surface area contributed by atoms with Gasteiger partial charge in [-0.25, -0.2) is 0 Å². The van der Waals surface area contributed by atoms with Gasteiger partial charge in [-0.05, 0) is 37.6 Å². The summed E-state index contributed by atoms with van der Waals surface area (Å²) in [5.74, 6) is 0.789. The first-order valence-electron chi connectivity index (χ1n) is 5.62. The maximum atomic E-state index is 12.2. The maximum absolute atomic E-state index is 12.2. The van der Waals surface area contributed by atoms with Crippen molar-refractivity contribution in [2.24, 2.45) is 0 Å². The van der Waals surface area contributed by atoms with Crippen LogP contribution >= 0.6 is 0 Å². The standard InChI is InChI=1S/C13H18F3NO/c1-9-5-11(6-10(2)12(9)18-4)7-17(3)8-13(14,15)16/h5-6H,7-8H2,1-4H3. The average molecular weight is 261 g/mol. The lowest BCUT2D eigenvalue weighted by atomic mass is 10.1. The van der Waals surface area contributed by atoms with Gasteiger partial charge in [-0.3, -0.25) is 4.90 Å². The third-order valence-corrected chi connectivity index (χ3v) is 2.63. The zero-order valence-corrected chi connectivity index (χ0v) is 11.1. The minimum Gasteiger partial charge on any atom is -0.496 e. The fourth-order valence-electron chi connectivity index (χ4n) is 2.13. The van der Waals surface area contributed by atoms with E-state index < -0.39 is 12.7 Å². The van der Waals surface area contributed by atoms with Gasteiger partial charge in [0.2, 0.25) is 0 Å². The number of rotatable bonds is 4. The highest BCUT2D eigenvalue weighted by Gasteiger charge is 2.29. The van der Waals surface area contributed by atoms with Crippen LogP contribution in [0.5, 0.6) is 5.75 Å².